The van der Waals surface area contributed by atoms with Gasteiger partial charge in [-0.3, -0.25) is 9.59 Å². The Morgan fingerprint density at radius 2 is 1.45 bits per heavy atom. The maximum absolute atomic E-state index is 13.6. The molecule has 4 rings (SSSR count). The Hall–Kier alpha value is -3.08. The molecule has 5 nitrogen and oxygen atoms in total. The van der Waals surface area contributed by atoms with Gasteiger partial charge in [0.05, 0.1) is 0 Å². The monoisotopic (exact) mass is 570 g/mol. The highest BCUT2D eigenvalue weighted by molar-refractivity contribution is 5.80. The van der Waals surface area contributed by atoms with E-state index in [2.05, 4.69) is 0 Å². The van der Waals surface area contributed by atoms with Crippen LogP contribution in [0.1, 0.15) is 55.7 Å². The summed E-state index contributed by atoms with van der Waals surface area (Å²) in [6.07, 6.45) is -10.3. The first-order valence-electron chi connectivity index (χ1n) is 13.2. The Labute approximate surface area is 228 Å². The van der Waals surface area contributed by atoms with Gasteiger partial charge in [0.15, 0.2) is 0 Å². The highest BCUT2D eigenvalue weighted by atomic mass is 19.4. The summed E-state index contributed by atoms with van der Waals surface area (Å²) < 4.78 is 80.6. The lowest BCUT2D eigenvalue weighted by Gasteiger charge is -2.36. The largest absolute Gasteiger partial charge is 0.430 e. The van der Waals surface area contributed by atoms with Gasteiger partial charge in [0.1, 0.15) is 0 Å². The highest BCUT2D eigenvalue weighted by Crippen LogP contribution is 2.52. The van der Waals surface area contributed by atoms with Crippen LogP contribution in [-0.2, 0) is 20.6 Å². The lowest BCUT2D eigenvalue weighted by atomic mass is 9.68. The fourth-order valence-electron chi connectivity index (χ4n) is 6.27. The summed E-state index contributed by atoms with van der Waals surface area (Å²) in [6.45, 7) is 4.95. The van der Waals surface area contributed by atoms with Crippen LogP contribution in [0.25, 0.3) is 0 Å². The van der Waals surface area contributed by atoms with Crippen LogP contribution in [0.4, 0.5) is 26.3 Å². The fourth-order valence-corrected chi connectivity index (χ4v) is 6.27. The van der Waals surface area contributed by atoms with E-state index in [1.165, 1.54) is 19.1 Å². The van der Waals surface area contributed by atoms with Gasteiger partial charge in [0.25, 0.3) is 5.60 Å². The van der Waals surface area contributed by atoms with Crippen LogP contribution in [0.2, 0.25) is 0 Å². The number of benzene rings is 2. The number of halogens is 6. The van der Waals surface area contributed by atoms with Crippen molar-refractivity contribution in [1.29, 1.82) is 0 Å². The number of aliphatic hydroxyl groups is 1. The topological polar surface area (TPSA) is 60.9 Å². The van der Waals surface area contributed by atoms with E-state index in [1.54, 1.807) is 9.80 Å². The zero-order valence-electron chi connectivity index (χ0n) is 22.2. The normalized spacial score (nSPS) is 23.0. The molecule has 0 aromatic heterocycles. The van der Waals surface area contributed by atoms with E-state index < -0.39 is 34.8 Å². The maximum Gasteiger partial charge on any atom is 0.430 e. The molecule has 2 aliphatic heterocycles. The van der Waals surface area contributed by atoms with Gasteiger partial charge in [-0.05, 0) is 30.4 Å². The molecule has 2 heterocycles. The number of carbonyl (C=O) groups is 2. The maximum atomic E-state index is 13.6. The summed E-state index contributed by atoms with van der Waals surface area (Å²) in [6, 6.07) is 13.1. The summed E-state index contributed by atoms with van der Waals surface area (Å²) in [4.78, 5) is 28.8. The van der Waals surface area contributed by atoms with Gasteiger partial charge >= 0.3 is 12.4 Å². The lowest BCUT2D eigenvalue weighted by molar-refractivity contribution is -0.376. The van der Waals surface area contributed by atoms with E-state index in [4.69, 9.17) is 0 Å². The standard InChI is InChI=1S/C29H32F6N2O3/c1-3-26(22-7-5-4-6-8-22)18-37(25(39)21-13-15-36(16-14-21)19(2)38)17-24(26)20-9-11-23(12-10-20)27(40,28(30,31)32)29(33,34)35/h4-12,21,24,40H,3,13-18H2,1-2H3/t24-,26+/m0/s1. The first kappa shape index (κ1) is 29.9. The first-order chi connectivity index (χ1) is 18.7. The van der Waals surface area contributed by atoms with E-state index in [9.17, 15) is 41.0 Å². The Morgan fingerprint density at radius 1 is 0.900 bits per heavy atom. The number of piperidine rings is 1. The highest BCUT2D eigenvalue weighted by Gasteiger charge is 2.71. The van der Waals surface area contributed by atoms with Crippen LogP contribution in [0.15, 0.2) is 54.6 Å². The van der Waals surface area contributed by atoms with Gasteiger partial charge in [-0.25, -0.2) is 0 Å². The van der Waals surface area contributed by atoms with Gasteiger partial charge in [-0.1, -0.05) is 61.5 Å². The number of rotatable bonds is 5. The number of hydrogen-bond donors (Lipinski definition) is 1. The van der Waals surface area contributed by atoms with E-state index >= 15 is 0 Å². The second kappa shape index (κ2) is 10.7. The molecule has 0 saturated carbocycles. The minimum Gasteiger partial charge on any atom is -0.369 e. The van der Waals surface area contributed by atoms with Crippen LogP contribution in [0.3, 0.4) is 0 Å². The molecular formula is C29H32F6N2O3. The molecule has 1 N–H and O–H groups in total. The molecule has 2 amide bonds. The smallest absolute Gasteiger partial charge is 0.369 e. The Balaban J connectivity index is 1.69. The molecule has 2 saturated heterocycles. The van der Waals surface area contributed by atoms with Gasteiger partial charge < -0.3 is 14.9 Å². The summed E-state index contributed by atoms with van der Waals surface area (Å²) in [7, 11) is 0. The molecule has 11 heteroatoms. The summed E-state index contributed by atoms with van der Waals surface area (Å²) in [5, 5.41) is 9.82. The third-order valence-corrected chi connectivity index (χ3v) is 8.68. The van der Waals surface area contributed by atoms with Crippen molar-refractivity contribution in [1.82, 2.24) is 9.80 Å². The molecule has 2 aromatic carbocycles. The zero-order valence-corrected chi connectivity index (χ0v) is 22.2. The molecule has 0 radical (unpaired) electrons. The molecular weight excluding hydrogens is 538 g/mol. The Bertz CT molecular complexity index is 1190. The number of nitrogens with zero attached hydrogens (tertiary/aromatic N) is 2. The minimum atomic E-state index is -5.97. The zero-order chi connectivity index (χ0) is 29.5. The number of amides is 2. The van der Waals surface area contributed by atoms with Gasteiger partial charge in [0, 0.05) is 55.9 Å². The van der Waals surface area contributed by atoms with Gasteiger partial charge in [-0.2, -0.15) is 26.3 Å². The Kier molecular flexibility index (Phi) is 8.01. The van der Waals surface area contributed by atoms with E-state index in [1.807, 2.05) is 37.3 Å². The number of carbonyl (C=O) groups excluding carboxylic acids is 2. The van der Waals surface area contributed by atoms with Crippen LogP contribution in [-0.4, -0.2) is 65.3 Å². The average molecular weight is 571 g/mol. The average Bonchev–Trinajstić information content (AvgIpc) is 3.32. The molecule has 0 bridgehead atoms. The third-order valence-electron chi connectivity index (χ3n) is 8.68. The molecule has 2 aromatic rings. The fraction of sp³-hybridized carbons (Fsp3) is 0.517. The molecule has 2 aliphatic rings. The second-order valence-corrected chi connectivity index (χ2v) is 10.8. The molecule has 218 valence electrons. The predicted octanol–water partition coefficient (Wildman–Crippen LogP) is 5.53. The van der Waals surface area contributed by atoms with Crippen molar-refractivity contribution in [3.63, 3.8) is 0 Å². The van der Waals surface area contributed by atoms with Crippen LogP contribution in [0, 0.1) is 5.92 Å². The first-order valence-corrected chi connectivity index (χ1v) is 13.2. The number of alkyl halides is 6. The lowest BCUT2D eigenvalue weighted by Crippen LogP contribution is -2.53. The van der Waals surface area contributed by atoms with Crippen molar-refractivity contribution < 1.29 is 41.0 Å². The molecule has 0 unspecified atom stereocenters. The quantitative estimate of drug-likeness (QED) is 0.481. The van der Waals surface area contributed by atoms with E-state index in [-0.39, 0.29) is 24.3 Å². The minimum absolute atomic E-state index is 0.0485. The predicted molar refractivity (Wildman–Crippen MR) is 135 cm³/mol. The van der Waals surface area contributed by atoms with Gasteiger partial charge in [-0.15, -0.1) is 0 Å². The van der Waals surface area contributed by atoms with Crippen molar-refractivity contribution in [2.45, 2.75) is 62.4 Å². The van der Waals surface area contributed by atoms with Crippen LogP contribution < -0.4 is 0 Å². The number of likely N-dealkylation sites (tertiary alicyclic amines) is 2. The van der Waals surface area contributed by atoms with E-state index in [0.29, 0.717) is 56.6 Å². The van der Waals surface area contributed by atoms with E-state index in [0.717, 1.165) is 5.56 Å². The molecule has 40 heavy (non-hydrogen) atoms. The van der Waals surface area contributed by atoms with Crippen molar-refractivity contribution in [2.75, 3.05) is 26.2 Å². The van der Waals surface area contributed by atoms with Crippen molar-refractivity contribution in [3.8, 4) is 0 Å². The Morgan fingerprint density at radius 3 is 1.93 bits per heavy atom. The molecule has 0 spiro atoms. The molecule has 0 aliphatic carbocycles. The van der Waals surface area contributed by atoms with Crippen LogP contribution >= 0.6 is 0 Å². The SMILES string of the molecule is CC[C@]1(c2ccccc2)CN(C(=O)C2CCN(C(C)=O)CC2)C[C@H]1c1ccc(C(O)(C(F)(F)F)C(F)(F)F)cc1. The molecule has 2 fully saturated rings. The van der Waals surface area contributed by atoms with Crippen molar-refractivity contribution in [3.05, 3.63) is 71.3 Å². The van der Waals surface area contributed by atoms with Crippen LogP contribution in [0.5, 0.6) is 0 Å². The van der Waals surface area contributed by atoms with Gasteiger partial charge in [0.2, 0.25) is 11.8 Å². The summed E-state index contributed by atoms with van der Waals surface area (Å²) in [5.74, 6) is -0.817. The molecule has 2 atom stereocenters. The number of hydrogen-bond acceptors (Lipinski definition) is 3. The third kappa shape index (κ3) is 5.08. The summed E-state index contributed by atoms with van der Waals surface area (Å²) >= 11 is 0. The summed E-state index contributed by atoms with van der Waals surface area (Å²) in [5.41, 5.74) is -5.57. The van der Waals surface area contributed by atoms with Crippen molar-refractivity contribution >= 4 is 11.8 Å². The second-order valence-electron chi connectivity index (χ2n) is 10.8. The van der Waals surface area contributed by atoms with Crippen molar-refractivity contribution in [2.24, 2.45) is 5.92 Å².